The number of nitrogens with one attached hydrogen (secondary N) is 1. The minimum Gasteiger partial charge on any atom is -0.334 e. The van der Waals surface area contributed by atoms with E-state index in [1.54, 1.807) is 0 Å². The van der Waals surface area contributed by atoms with Crippen LogP contribution in [-0.2, 0) is 11.2 Å². The van der Waals surface area contributed by atoms with Crippen molar-refractivity contribution in [2.75, 3.05) is 16.8 Å². The Hall–Kier alpha value is -2.79. The monoisotopic (exact) mass is 373 g/mol. The Labute approximate surface area is 162 Å². The Morgan fingerprint density at radius 3 is 2.81 bits per heavy atom. The molecule has 2 aliphatic rings. The maximum atomic E-state index is 13.0. The Bertz CT molecular complexity index is 1090. The van der Waals surface area contributed by atoms with Crippen molar-refractivity contribution in [2.45, 2.75) is 18.6 Å². The van der Waals surface area contributed by atoms with Crippen molar-refractivity contribution >= 4 is 50.7 Å². The molecule has 3 aromatic carbocycles. The maximum Gasteiger partial charge on any atom is 0.240 e. The average Bonchev–Trinajstić information content (AvgIpc) is 3.12. The van der Waals surface area contributed by atoms with Crippen LogP contribution < -0.4 is 10.2 Å². The fourth-order valence-corrected chi connectivity index (χ4v) is 4.71. The fourth-order valence-electron chi connectivity index (χ4n) is 3.83. The summed E-state index contributed by atoms with van der Waals surface area (Å²) in [5, 5.41) is 6.26. The van der Waals surface area contributed by atoms with Crippen LogP contribution in [0.2, 0.25) is 0 Å². The Morgan fingerprint density at radius 2 is 1.93 bits per heavy atom. The molecule has 0 spiro atoms. The number of carbonyl (C=O) groups excluding carboxylic acids is 1. The van der Waals surface area contributed by atoms with Gasteiger partial charge in [-0.05, 0) is 42.5 Å². The number of para-hydroxylation sites is 1. The number of aliphatic imine (C=N–C) groups is 1. The molecule has 5 heteroatoms. The largest absolute Gasteiger partial charge is 0.334 e. The van der Waals surface area contributed by atoms with Gasteiger partial charge in [0.2, 0.25) is 5.91 Å². The number of benzene rings is 3. The lowest BCUT2D eigenvalue weighted by Gasteiger charge is -2.23. The van der Waals surface area contributed by atoms with E-state index in [9.17, 15) is 4.79 Å². The number of rotatable bonds is 2. The second-order valence-electron chi connectivity index (χ2n) is 6.85. The molecule has 0 aromatic heterocycles. The predicted octanol–water partition coefficient (Wildman–Crippen LogP) is 4.96. The third-order valence-electron chi connectivity index (χ3n) is 5.14. The van der Waals surface area contributed by atoms with E-state index in [-0.39, 0.29) is 11.2 Å². The Kier molecular flexibility index (Phi) is 3.90. The van der Waals surface area contributed by atoms with E-state index in [4.69, 9.17) is 4.99 Å². The molecule has 0 saturated heterocycles. The molecule has 0 saturated carbocycles. The standard InChI is InChI=1S/C22H19N3OS/c1-14(21(26)25-13-12-15-6-2-3-11-19(15)25)27-22-23-17-9-4-7-16-8-5-10-18(24-22)20(16)17/h2-11,14H,12-13H2,1H3,(H,23,24)/t14-/m1/s1. The van der Waals surface area contributed by atoms with Gasteiger partial charge in [0.05, 0.1) is 16.6 Å². The topological polar surface area (TPSA) is 44.7 Å². The van der Waals surface area contributed by atoms with Crippen LogP contribution in [0.4, 0.5) is 17.1 Å². The van der Waals surface area contributed by atoms with E-state index in [0.29, 0.717) is 0 Å². The minimum atomic E-state index is -0.216. The first-order chi connectivity index (χ1) is 13.2. The number of nitrogens with zero attached hydrogens (tertiary/aromatic N) is 2. The van der Waals surface area contributed by atoms with Crippen molar-refractivity contribution in [3.63, 3.8) is 0 Å². The van der Waals surface area contributed by atoms with Gasteiger partial charge in [-0.15, -0.1) is 0 Å². The molecule has 0 bridgehead atoms. The summed E-state index contributed by atoms with van der Waals surface area (Å²) in [4.78, 5) is 19.7. The van der Waals surface area contributed by atoms with Crippen LogP contribution in [0.15, 0.2) is 65.7 Å². The molecule has 2 heterocycles. The van der Waals surface area contributed by atoms with Crippen LogP contribution >= 0.6 is 11.8 Å². The summed E-state index contributed by atoms with van der Waals surface area (Å²) in [6.45, 7) is 2.71. The van der Waals surface area contributed by atoms with Gasteiger partial charge in [0.15, 0.2) is 5.17 Å². The smallest absolute Gasteiger partial charge is 0.240 e. The lowest BCUT2D eigenvalue weighted by molar-refractivity contribution is -0.117. The highest BCUT2D eigenvalue weighted by Gasteiger charge is 2.29. The molecule has 0 radical (unpaired) electrons. The zero-order valence-corrected chi connectivity index (χ0v) is 15.8. The molecule has 27 heavy (non-hydrogen) atoms. The van der Waals surface area contributed by atoms with Crippen LogP contribution in [0.1, 0.15) is 12.5 Å². The third-order valence-corrected chi connectivity index (χ3v) is 6.11. The molecule has 0 unspecified atom stereocenters. The van der Waals surface area contributed by atoms with Gasteiger partial charge in [0.25, 0.3) is 0 Å². The van der Waals surface area contributed by atoms with Crippen molar-refractivity contribution in [2.24, 2.45) is 4.99 Å². The number of hydrogen-bond acceptors (Lipinski definition) is 4. The summed E-state index contributed by atoms with van der Waals surface area (Å²) in [7, 11) is 0. The normalized spacial score (nSPS) is 15.9. The lowest BCUT2D eigenvalue weighted by atomic mass is 10.1. The molecule has 3 aromatic rings. The summed E-state index contributed by atoms with van der Waals surface area (Å²) in [6.07, 6.45) is 0.924. The van der Waals surface area contributed by atoms with Crippen molar-refractivity contribution in [1.82, 2.24) is 0 Å². The Morgan fingerprint density at radius 1 is 1.11 bits per heavy atom. The molecule has 134 valence electrons. The molecular formula is C22H19N3OS. The molecule has 1 N–H and O–H groups in total. The number of hydrogen-bond donors (Lipinski definition) is 1. The lowest BCUT2D eigenvalue weighted by Crippen LogP contribution is -2.36. The van der Waals surface area contributed by atoms with E-state index >= 15 is 0 Å². The quantitative estimate of drug-likeness (QED) is 0.690. The van der Waals surface area contributed by atoms with Gasteiger partial charge in [0, 0.05) is 17.6 Å². The van der Waals surface area contributed by atoms with Crippen molar-refractivity contribution in [3.8, 4) is 0 Å². The van der Waals surface area contributed by atoms with Crippen molar-refractivity contribution in [1.29, 1.82) is 0 Å². The van der Waals surface area contributed by atoms with Crippen LogP contribution in [0.25, 0.3) is 10.8 Å². The molecule has 5 rings (SSSR count). The summed E-state index contributed by atoms with van der Waals surface area (Å²) in [5.41, 5.74) is 4.29. The fraction of sp³-hybridized carbons (Fsp3) is 0.182. The zero-order chi connectivity index (χ0) is 18.4. The first-order valence-corrected chi connectivity index (χ1v) is 10.0. The highest BCUT2D eigenvalue weighted by molar-refractivity contribution is 8.15. The molecule has 0 fully saturated rings. The van der Waals surface area contributed by atoms with Crippen molar-refractivity contribution in [3.05, 3.63) is 66.2 Å². The minimum absolute atomic E-state index is 0.131. The summed E-state index contributed by atoms with van der Waals surface area (Å²) >= 11 is 1.49. The van der Waals surface area contributed by atoms with E-state index in [1.165, 1.54) is 22.7 Å². The second kappa shape index (κ2) is 6.43. The zero-order valence-electron chi connectivity index (χ0n) is 15.0. The first-order valence-electron chi connectivity index (χ1n) is 9.14. The van der Waals surface area contributed by atoms with E-state index in [1.807, 2.05) is 48.2 Å². The van der Waals surface area contributed by atoms with Gasteiger partial charge < -0.3 is 10.2 Å². The maximum absolute atomic E-state index is 13.0. The molecule has 1 atom stereocenters. The van der Waals surface area contributed by atoms with Crippen LogP contribution in [0.5, 0.6) is 0 Å². The van der Waals surface area contributed by atoms with Gasteiger partial charge in [-0.3, -0.25) is 4.79 Å². The molecular weight excluding hydrogens is 354 g/mol. The highest BCUT2D eigenvalue weighted by Crippen LogP contribution is 2.38. The van der Waals surface area contributed by atoms with E-state index in [0.717, 1.165) is 40.6 Å². The number of amides is 1. The summed E-state index contributed by atoms with van der Waals surface area (Å²) in [5.74, 6) is 0.131. The number of carbonyl (C=O) groups is 1. The van der Waals surface area contributed by atoms with Crippen LogP contribution in [-0.4, -0.2) is 22.9 Å². The number of amidine groups is 1. The average molecular weight is 373 g/mol. The van der Waals surface area contributed by atoms with Gasteiger partial charge in [-0.25, -0.2) is 4.99 Å². The van der Waals surface area contributed by atoms with Gasteiger partial charge in [-0.1, -0.05) is 54.2 Å². The van der Waals surface area contributed by atoms with Gasteiger partial charge in [0.1, 0.15) is 0 Å². The predicted molar refractivity (Wildman–Crippen MR) is 114 cm³/mol. The number of fused-ring (bicyclic) bond motifs is 1. The Balaban J connectivity index is 1.39. The van der Waals surface area contributed by atoms with Gasteiger partial charge in [-0.2, -0.15) is 0 Å². The number of thioether (sulfide) groups is 1. The molecule has 0 aliphatic carbocycles. The molecule has 4 nitrogen and oxygen atoms in total. The molecule has 2 aliphatic heterocycles. The van der Waals surface area contributed by atoms with E-state index < -0.39 is 0 Å². The van der Waals surface area contributed by atoms with Crippen LogP contribution in [0.3, 0.4) is 0 Å². The third kappa shape index (κ3) is 2.79. The first kappa shape index (κ1) is 16.4. The van der Waals surface area contributed by atoms with Crippen LogP contribution in [0, 0.1) is 0 Å². The molecule has 1 amide bonds. The van der Waals surface area contributed by atoms with E-state index in [2.05, 4.69) is 29.6 Å². The SMILES string of the molecule is C[C@@H](SC1=Nc2cccc3cccc(c23)N1)C(=O)N1CCc2ccccc21. The second-order valence-corrected chi connectivity index (χ2v) is 8.18. The van der Waals surface area contributed by atoms with Gasteiger partial charge >= 0.3 is 0 Å². The summed E-state index contributed by atoms with van der Waals surface area (Å²) < 4.78 is 0. The number of anilines is 2. The summed E-state index contributed by atoms with van der Waals surface area (Å²) in [6, 6.07) is 20.5. The van der Waals surface area contributed by atoms with Crippen molar-refractivity contribution < 1.29 is 4.79 Å². The highest BCUT2D eigenvalue weighted by atomic mass is 32.2.